The van der Waals surface area contributed by atoms with Crippen LogP contribution in [0.4, 0.5) is 10.1 Å². The Morgan fingerprint density at radius 3 is 2.57 bits per heavy atom. The first-order valence-corrected chi connectivity index (χ1v) is 9.12. The number of rotatable bonds is 7. The molecule has 1 heterocycles. The fourth-order valence-corrected chi connectivity index (χ4v) is 3.11. The van der Waals surface area contributed by atoms with Gasteiger partial charge in [-0.3, -0.25) is 9.59 Å². The Labute approximate surface area is 162 Å². The molecule has 3 rings (SSSR count). The zero-order valence-electron chi connectivity index (χ0n) is 15.5. The molecular formula is C21H21FN2O4. The minimum absolute atomic E-state index is 0.0374. The van der Waals surface area contributed by atoms with Crippen LogP contribution in [0.25, 0.3) is 0 Å². The first kappa shape index (κ1) is 19.7. The molecule has 0 radical (unpaired) electrons. The highest BCUT2D eigenvalue weighted by atomic mass is 19.1. The average molecular weight is 384 g/mol. The molecule has 1 aliphatic heterocycles. The number of imide groups is 1. The van der Waals surface area contributed by atoms with Gasteiger partial charge in [-0.25, -0.2) is 14.1 Å². The molecule has 1 saturated heterocycles. The van der Waals surface area contributed by atoms with Gasteiger partial charge in [-0.15, -0.1) is 0 Å². The summed E-state index contributed by atoms with van der Waals surface area (Å²) < 4.78 is 18.6. The molecule has 0 bridgehead atoms. The van der Waals surface area contributed by atoms with Gasteiger partial charge in [0.15, 0.2) is 0 Å². The van der Waals surface area contributed by atoms with Crippen LogP contribution in [0.2, 0.25) is 0 Å². The number of anilines is 1. The van der Waals surface area contributed by atoms with Crippen molar-refractivity contribution in [3.63, 3.8) is 0 Å². The van der Waals surface area contributed by atoms with E-state index in [1.54, 1.807) is 37.3 Å². The van der Waals surface area contributed by atoms with Gasteiger partial charge < -0.3 is 10.1 Å². The number of carbonyl (C=O) groups is 3. The topological polar surface area (TPSA) is 75.7 Å². The molecule has 0 aliphatic carbocycles. The highest BCUT2D eigenvalue weighted by Crippen LogP contribution is 2.23. The average Bonchev–Trinajstić information content (AvgIpc) is 2.97. The number of hydrogen-bond donors (Lipinski definition) is 1. The summed E-state index contributed by atoms with van der Waals surface area (Å²) in [4.78, 5) is 37.8. The summed E-state index contributed by atoms with van der Waals surface area (Å²) in [5, 5.41) is 3.03. The molecule has 1 unspecified atom stereocenters. The van der Waals surface area contributed by atoms with Crippen molar-refractivity contribution in [1.29, 1.82) is 0 Å². The molecule has 7 heteroatoms. The van der Waals surface area contributed by atoms with Gasteiger partial charge in [0.05, 0.1) is 30.3 Å². The van der Waals surface area contributed by atoms with E-state index in [4.69, 9.17) is 4.74 Å². The maximum atomic E-state index is 13.7. The number of hydrogen-bond acceptors (Lipinski definition) is 5. The van der Waals surface area contributed by atoms with Gasteiger partial charge in [0, 0.05) is 6.54 Å². The maximum absolute atomic E-state index is 13.7. The normalized spacial score (nSPS) is 16.5. The van der Waals surface area contributed by atoms with Gasteiger partial charge in [-0.1, -0.05) is 18.2 Å². The van der Waals surface area contributed by atoms with E-state index in [2.05, 4.69) is 5.32 Å². The van der Waals surface area contributed by atoms with E-state index in [9.17, 15) is 18.8 Å². The van der Waals surface area contributed by atoms with E-state index in [-0.39, 0.29) is 30.7 Å². The van der Waals surface area contributed by atoms with E-state index < -0.39 is 12.0 Å². The van der Waals surface area contributed by atoms with Gasteiger partial charge in [0.25, 0.3) is 5.91 Å². The lowest BCUT2D eigenvalue weighted by Crippen LogP contribution is -2.39. The lowest BCUT2D eigenvalue weighted by Gasteiger charge is -2.16. The van der Waals surface area contributed by atoms with Gasteiger partial charge >= 0.3 is 5.97 Å². The molecular weight excluding hydrogens is 363 g/mol. The van der Waals surface area contributed by atoms with Gasteiger partial charge in [0.2, 0.25) is 5.91 Å². The maximum Gasteiger partial charge on any atom is 0.338 e. The third-order valence-electron chi connectivity index (χ3n) is 4.53. The number of carbonyl (C=O) groups excluding carboxylic acids is 3. The van der Waals surface area contributed by atoms with Crippen LogP contribution < -0.4 is 10.2 Å². The minimum atomic E-state index is -0.649. The summed E-state index contributed by atoms with van der Waals surface area (Å²) >= 11 is 0. The van der Waals surface area contributed by atoms with Crippen LogP contribution in [0, 0.1) is 5.82 Å². The SMILES string of the molecule is CCOC(=O)c1ccc(N2C(=O)CC(NCCc3ccccc3F)C2=O)cc1. The Bertz CT molecular complexity index is 882. The quantitative estimate of drug-likeness (QED) is 0.586. The Kier molecular flexibility index (Phi) is 6.16. The molecule has 0 aromatic heterocycles. The number of esters is 1. The standard InChI is InChI=1S/C21H21FN2O4/c1-2-28-21(27)15-7-9-16(10-8-15)24-19(25)13-18(20(24)26)23-12-11-14-5-3-4-6-17(14)22/h3-10,18,23H,2,11-13H2,1H3. The Morgan fingerprint density at radius 2 is 1.89 bits per heavy atom. The monoisotopic (exact) mass is 384 g/mol. The molecule has 146 valence electrons. The molecule has 0 spiro atoms. The van der Waals surface area contributed by atoms with Crippen LogP contribution in [0.3, 0.4) is 0 Å². The highest BCUT2D eigenvalue weighted by Gasteiger charge is 2.39. The first-order valence-electron chi connectivity index (χ1n) is 9.12. The van der Waals surface area contributed by atoms with Crippen molar-refractivity contribution in [2.45, 2.75) is 25.8 Å². The van der Waals surface area contributed by atoms with Crippen molar-refractivity contribution in [2.24, 2.45) is 0 Å². The summed E-state index contributed by atoms with van der Waals surface area (Å²) in [5.41, 5.74) is 1.31. The third-order valence-corrected chi connectivity index (χ3v) is 4.53. The fraction of sp³-hybridized carbons (Fsp3) is 0.286. The van der Waals surface area contributed by atoms with Crippen molar-refractivity contribution >= 4 is 23.5 Å². The van der Waals surface area contributed by atoms with Crippen molar-refractivity contribution < 1.29 is 23.5 Å². The van der Waals surface area contributed by atoms with E-state index in [0.29, 0.717) is 29.8 Å². The zero-order chi connectivity index (χ0) is 20.1. The second-order valence-corrected chi connectivity index (χ2v) is 6.39. The number of nitrogens with one attached hydrogen (secondary N) is 1. The first-order chi connectivity index (χ1) is 13.5. The third kappa shape index (κ3) is 4.26. The largest absolute Gasteiger partial charge is 0.462 e. The Hall–Kier alpha value is -3.06. The van der Waals surface area contributed by atoms with Crippen LogP contribution in [0.1, 0.15) is 29.3 Å². The number of ether oxygens (including phenoxy) is 1. The van der Waals surface area contributed by atoms with Gasteiger partial charge in [0.1, 0.15) is 5.82 Å². The lowest BCUT2D eigenvalue weighted by atomic mass is 10.1. The van der Waals surface area contributed by atoms with Crippen molar-refractivity contribution in [3.05, 3.63) is 65.5 Å². The predicted molar refractivity (Wildman–Crippen MR) is 101 cm³/mol. The van der Waals surface area contributed by atoms with E-state index >= 15 is 0 Å². The highest BCUT2D eigenvalue weighted by molar-refractivity contribution is 6.22. The molecule has 0 saturated carbocycles. The summed E-state index contributed by atoms with van der Waals surface area (Å²) in [7, 11) is 0. The van der Waals surface area contributed by atoms with Crippen LogP contribution in [0.15, 0.2) is 48.5 Å². The summed E-state index contributed by atoms with van der Waals surface area (Å²) in [6, 6.07) is 11.9. The predicted octanol–water partition coefficient (Wildman–Crippen LogP) is 2.47. The smallest absolute Gasteiger partial charge is 0.338 e. The Balaban J connectivity index is 1.61. The van der Waals surface area contributed by atoms with Crippen molar-refractivity contribution in [3.8, 4) is 0 Å². The van der Waals surface area contributed by atoms with E-state index in [1.807, 2.05) is 0 Å². The summed E-state index contributed by atoms with van der Waals surface area (Å²) in [6.07, 6.45) is 0.453. The molecule has 28 heavy (non-hydrogen) atoms. The number of benzene rings is 2. The molecule has 6 nitrogen and oxygen atoms in total. The molecule has 1 fully saturated rings. The number of nitrogens with zero attached hydrogens (tertiary/aromatic N) is 1. The molecule has 2 aromatic rings. The fourth-order valence-electron chi connectivity index (χ4n) is 3.11. The number of amides is 2. The molecule has 1 atom stereocenters. The summed E-state index contributed by atoms with van der Waals surface area (Å²) in [5.74, 6) is -1.43. The van der Waals surface area contributed by atoms with Crippen molar-refractivity contribution in [1.82, 2.24) is 5.32 Å². The zero-order valence-corrected chi connectivity index (χ0v) is 15.5. The Morgan fingerprint density at radius 1 is 1.18 bits per heavy atom. The molecule has 1 aliphatic rings. The lowest BCUT2D eigenvalue weighted by molar-refractivity contribution is -0.121. The van der Waals surface area contributed by atoms with Crippen LogP contribution >= 0.6 is 0 Å². The molecule has 2 aromatic carbocycles. The second kappa shape index (κ2) is 8.75. The van der Waals surface area contributed by atoms with Crippen LogP contribution in [-0.4, -0.2) is 37.0 Å². The van der Waals surface area contributed by atoms with Gasteiger partial charge in [-0.05, 0) is 49.2 Å². The number of halogens is 1. The van der Waals surface area contributed by atoms with E-state index in [0.717, 1.165) is 4.90 Å². The van der Waals surface area contributed by atoms with Crippen LogP contribution in [0.5, 0.6) is 0 Å². The van der Waals surface area contributed by atoms with Crippen molar-refractivity contribution in [2.75, 3.05) is 18.1 Å². The van der Waals surface area contributed by atoms with Crippen LogP contribution in [-0.2, 0) is 20.7 Å². The molecule has 2 amide bonds. The van der Waals surface area contributed by atoms with Gasteiger partial charge in [-0.2, -0.15) is 0 Å². The minimum Gasteiger partial charge on any atom is -0.462 e. The second-order valence-electron chi connectivity index (χ2n) is 6.39. The summed E-state index contributed by atoms with van der Waals surface area (Å²) in [6.45, 7) is 2.36. The van der Waals surface area contributed by atoms with E-state index in [1.165, 1.54) is 18.2 Å². The molecule has 1 N–H and O–H groups in total.